The van der Waals surface area contributed by atoms with Crippen molar-refractivity contribution in [2.75, 3.05) is 19.9 Å². The first-order valence-electron chi connectivity index (χ1n) is 5.18. The molecule has 102 valence electrons. The Balaban J connectivity index is 0. The van der Waals surface area contributed by atoms with E-state index in [4.69, 9.17) is 5.11 Å². The van der Waals surface area contributed by atoms with Crippen LogP contribution in [0, 0.1) is 0 Å². The highest BCUT2D eigenvalue weighted by atomic mass is 32.2. The molecule has 17 heavy (non-hydrogen) atoms. The van der Waals surface area contributed by atoms with Gasteiger partial charge in [0.15, 0.2) is 0 Å². The van der Waals surface area contributed by atoms with Crippen LogP contribution in [0.4, 0.5) is 0 Å². The second-order valence-electron chi connectivity index (χ2n) is 2.87. The number of rotatable bonds is 3. The zero-order chi connectivity index (χ0) is 14.1. The van der Waals surface area contributed by atoms with E-state index < -0.39 is 23.0 Å². The lowest BCUT2D eigenvalue weighted by Crippen LogP contribution is -2.25. The van der Waals surface area contributed by atoms with Gasteiger partial charge in [-0.2, -0.15) is 0 Å². The third-order valence-electron chi connectivity index (χ3n) is 1.54. The van der Waals surface area contributed by atoms with Gasteiger partial charge in [0.2, 0.25) is 0 Å². The first-order valence-corrected chi connectivity index (χ1v) is 7.55. The van der Waals surface area contributed by atoms with Crippen molar-refractivity contribution in [3.05, 3.63) is 11.2 Å². The van der Waals surface area contributed by atoms with Gasteiger partial charge in [0.1, 0.15) is 14.8 Å². The Hall–Kier alpha value is -0.340. The Labute approximate surface area is 109 Å². The molecule has 0 radical (unpaired) electrons. The first-order chi connectivity index (χ1) is 7.97. The quantitative estimate of drug-likeness (QED) is 0.757. The average Bonchev–Trinajstić information content (AvgIpc) is 2.84. The molecule has 0 aliphatic heterocycles. The second-order valence-corrected chi connectivity index (χ2v) is 5.51. The molecule has 1 aromatic heterocycles. The molecule has 0 aliphatic rings. The Morgan fingerprint density at radius 1 is 1.53 bits per heavy atom. The fourth-order valence-corrected chi connectivity index (χ4v) is 2.30. The van der Waals surface area contributed by atoms with Gasteiger partial charge in [0.05, 0.1) is 23.6 Å². The van der Waals surface area contributed by atoms with Crippen molar-refractivity contribution in [2.45, 2.75) is 30.6 Å². The number of aliphatic hydroxyl groups is 2. The van der Waals surface area contributed by atoms with Gasteiger partial charge in [-0.05, 0) is 14.0 Å². The summed E-state index contributed by atoms with van der Waals surface area (Å²) in [6, 6.07) is 0. The van der Waals surface area contributed by atoms with Crippen molar-refractivity contribution in [2.24, 2.45) is 5.73 Å². The predicted molar refractivity (Wildman–Crippen MR) is 72.6 cm³/mol. The molecule has 5 nitrogen and oxygen atoms in total. The van der Waals surface area contributed by atoms with Crippen molar-refractivity contribution in [3.63, 3.8) is 0 Å². The van der Waals surface area contributed by atoms with E-state index in [2.05, 4.69) is 10.7 Å². The van der Waals surface area contributed by atoms with Crippen LogP contribution in [0.3, 0.4) is 0 Å². The van der Waals surface area contributed by atoms with Crippen molar-refractivity contribution in [3.8, 4) is 0 Å². The molecule has 2 atom stereocenters. The second kappa shape index (κ2) is 9.67. The number of hydrogen-bond donors (Lipinski definition) is 3. The fraction of sp³-hybridized carbons (Fsp3) is 0.700. The molecular formula is C10H22N2O3S2. The maximum Gasteiger partial charge on any atom is 0.136 e. The van der Waals surface area contributed by atoms with Crippen LogP contribution >= 0.6 is 11.3 Å². The molecule has 1 heterocycles. The summed E-state index contributed by atoms with van der Waals surface area (Å²) in [6.45, 7) is 5.07. The van der Waals surface area contributed by atoms with Gasteiger partial charge in [-0.3, -0.25) is 4.21 Å². The van der Waals surface area contributed by atoms with Crippen LogP contribution in [-0.2, 0) is 16.4 Å². The summed E-state index contributed by atoms with van der Waals surface area (Å²) in [6.07, 6.45) is 3.01. The highest BCUT2D eigenvalue weighted by Crippen LogP contribution is 2.26. The first kappa shape index (κ1) is 19.0. The largest absolute Gasteiger partial charge is 0.393 e. The number of nitrogens with two attached hydrogens (primary N) is 1. The van der Waals surface area contributed by atoms with Crippen LogP contribution in [0.2, 0.25) is 0 Å². The third-order valence-corrected chi connectivity index (χ3v) is 4.21. The zero-order valence-electron chi connectivity index (χ0n) is 10.9. The van der Waals surface area contributed by atoms with Crippen LogP contribution in [0.1, 0.15) is 25.8 Å². The maximum atomic E-state index is 11.0. The van der Waals surface area contributed by atoms with Gasteiger partial charge in [0, 0.05) is 6.26 Å². The van der Waals surface area contributed by atoms with Crippen LogP contribution in [0.25, 0.3) is 0 Å². The lowest BCUT2D eigenvalue weighted by Gasteiger charge is -2.16. The summed E-state index contributed by atoms with van der Waals surface area (Å²) < 4.78 is 11.6. The Bertz CT molecular complexity index is 327. The van der Waals surface area contributed by atoms with E-state index in [0.717, 1.165) is 11.3 Å². The molecule has 0 bridgehead atoms. The van der Waals surface area contributed by atoms with E-state index in [-0.39, 0.29) is 0 Å². The molecule has 0 amide bonds. The van der Waals surface area contributed by atoms with E-state index in [1.807, 2.05) is 13.8 Å². The van der Waals surface area contributed by atoms with Gasteiger partial charge in [-0.15, -0.1) is 11.3 Å². The fourth-order valence-electron chi connectivity index (χ4n) is 0.709. The van der Waals surface area contributed by atoms with Crippen LogP contribution in [0.15, 0.2) is 10.4 Å². The lowest BCUT2D eigenvalue weighted by molar-refractivity contribution is -0.00244. The summed E-state index contributed by atoms with van der Waals surface area (Å²) >= 11 is 1.15. The topological polar surface area (TPSA) is 96.4 Å². The molecule has 0 spiro atoms. The maximum absolute atomic E-state index is 11.0. The molecule has 0 saturated heterocycles. The minimum absolute atomic E-state index is 0.389. The molecule has 0 aliphatic carbocycles. The standard InChI is InChI=1S/C7H11NO3S2.C2H6.CH5N/c1-7(10,4-9)6-8-3-5(12-6)13(2)11;2*1-2/h3,9-10H,4H2,1-2H3;1-2H3;2H2,1H3. The number of nitrogens with zero attached hydrogens (tertiary/aromatic N) is 1. The zero-order valence-corrected chi connectivity index (χ0v) is 12.6. The van der Waals surface area contributed by atoms with Crippen LogP contribution < -0.4 is 5.73 Å². The summed E-state index contributed by atoms with van der Waals surface area (Å²) in [5, 5.41) is 18.8. The van der Waals surface area contributed by atoms with Gasteiger partial charge in [-0.25, -0.2) is 4.98 Å². The van der Waals surface area contributed by atoms with Crippen molar-refractivity contribution >= 4 is 22.1 Å². The van der Waals surface area contributed by atoms with Gasteiger partial charge in [-0.1, -0.05) is 13.8 Å². The number of thiazole rings is 1. The van der Waals surface area contributed by atoms with E-state index in [1.54, 1.807) is 6.26 Å². The highest BCUT2D eigenvalue weighted by molar-refractivity contribution is 7.86. The van der Waals surface area contributed by atoms with Crippen LogP contribution in [-0.4, -0.2) is 39.3 Å². The summed E-state index contributed by atoms with van der Waals surface area (Å²) in [4.78, 5) is 3.90. The van der Waals surface area contributed by atoms with Gasteiger partial charge in [0.25, 0.3) is 0 Å². The van der Waals surface area contributed by atoms with E-state index in [1.165, 1.54) is 20.2 Å². The third kappa shape index (κ3) is 6.23. The molecule has 1 rings (SSSR count). The van der Waals surface area contributed by atoms with Gasteiger partial charge < -0.3 is 15.9 Å². The number of aromatic nitrogens is 1. The molecule has 0 saturated carbocycles. The van der Waals surface area contributed by atoms with E-state index in [9.17, 15) is 9.32 Å². The summed E-state index contributed by atoms with van der Waals surface area (Å²) in [5.41, 5.74) is 3.17. The molecule has 1 aromatic rings. The summed E-state index contributed by atoms with van der Waals surface area (Å²) in [7, 11) is 0.418. The Morgan fingerprint density at radius 3 is 2.29 bits per heavy atom. The molecule has 4 N–H and O–H groups in total. The van der Waals surface area contributed by atoms with Crippen molar-refractivity contribution in [1.82, 2.24) is 4.98 Å². The monoisotopic (exact) mass is 282 g/mol. The molecular weight excluding hydrogens is 260 g/mol. The van der Waals surface area contributed by atoms with Crippen molar-refractivity contribution < 1.29 is 14.4 Å². The predicted octanol–water partition coefficient (Wildman–Crippen LogP) is 0.681. The molecule has 2 unspecified atom stereocenters. The van der Waals surface area contributed by atoms with Crippen LogP contribution in [0.5, 0.6) is 0 Å². The normalized spacial score (nSPS) is 14.6. The minimum Gasteiger partial charge on any atom is -0.393 e. The van der Waals surface area contributed by atoms with Gasteiger partial charge >= 0.3 is 0 Å². The Kier molecular flexibility index (Phi) is 10.8. The Morgan fingerprint density at radius 2 is 2.00 bits per heavy atom. The molecule has 7 heteroatoms. The molecule has 0 aromatic carbocycles. The lowest BCUT2D eigenvalue weighted by atomic mass is 10.1. The minimum atomic E-state index is -1.33. The van der Waals surface area contributed by atoms with E-state index >= 15 is 0 Å². The number of aliphatic hydroxyl groups excluding tert-OH is 1. The van der Waals surface area contributed by atoms with Crippen molar-refractivity contribution in [1.29, 1.82) is 0 Å². The van der Waals surface area contributed by atoms with E-state index in [0.29, 0.717) is 9.22 Å². The molecule has 0 fully saturated rings. The average molecular weight is 282 g/mol. The SMILES string of the molecule is CC.CN.CS(=O)c1cnc(C(C)(O)CO)s1. The summed E-state index contributed by atoms with van der Waals surface area (Å²) in [5.74, 6) is 0. The highest BCUT2D eigenvalue weighted by Gasteiger charge is 2.26. The number of hydrogen-bond acceptors (Lipinski definition) is 6. The smallest absolute Gasteiger partial charge is 0.136 e.